The molecule has 4 aliphatic rings. The van der Waals surface area contributed by atoms with Gasteiger partial charge in [0.15, 0.2) is 0 Å². The molecule has 0 saturated heterocycles. The van der Waals surface area contributed by atoms with E-state index in [1.54, 1.807) is 62.4 Å². The second-order valence-corrected chi connectivity index (χ2v) is 24.4. The Morgan fingerprint density at radius 1 is 0.411 bits per heavy atom. The minimum atomic E-state index is -5.66. The van der Waals surface area contributed by atoms with E-state index in [4.69, 9.17) is 0 Å². The lowest BCUT2D eigenvalue weighted by Crippen LogP contribution is -2.48. The number of amides is 2. The molecule has 404 valence electrons. The lowest BCUT2D eigenvalue weighted by atomic mass is 9.71. The number of carbonyl (C=O) groups excluding carboxylic acids is 2. The van der Waals surface area contributed by atoms with E-state index in [1.807, 2.05) is 0 Å². The predicted molar refractivity (Wildman–Crippen MR) is 295 cm³/mol. The van der Waals surface area contributed by atoms with Gasteiger partial charge in [-0.1, -0.05) is 205 Å². The molecule has 1 saturated carbocycles. The minimum absolute atomic E-state index is 0.240. The fourth-order valence-corrected chi connectivity index (χ4v) is 14.2. The summed E-state index contributed by atoms with van der Waals surface area (Å²) in [5, 5.41) is 5.97. The first kappa shape index (κ1) is 58.9. The number of carbonyl (C=O) groups is 2. The summed E-state index contributed by atoms with van der Waals surface area (Å²) < 4.78 is 92.4. The number of hydrogen-bond donors (Lipinski definition) is 2. The van der Waals surface area contributed by atoms with Crippen LogP contribution in [0, 0.1) is 0 Å². The van der Waals surface area contributed by atoms with Crippen molar-refractivity contribution in [3.63, 3.8) is 0 Å². The van der Waals surface area contributed by atoms with E-state index in [0.29, 0.717) is 45.2 Å². The summed E-state index contributed by atoms with van der Waals surface area (Å²) in [6.45, 7) is 8.91. The predicted octanol–water partition coefficient (Wildman–Crippen LogP) is 19.0. The van der Waals surface area contributed by atoms with E-state index >= 15 is 26.3 Å². The molecular weight excluding hydrogens is 971 g/mol. The number of halogens is 6. The van der Waals surface area contributed by atoms with Gasteiger partial charge in [-0.15, -0.1) is 23.5 Å². The molecule has 12 heteroatoms. The Kier molecular flexibility index (Phi) is 22.3. The monoisotopic (exact) mass is 1050 g/mol. The van der Waals surface area contributed by atoms with Crippen LogP contribution in [0.3, 0.4) is 0 Å². The van der Waals surface area contributed by atoms with Crippen LogP contribution in [0.2, 0.25) is 0 Å². The number of allylic oxidation sites excluding steroid dienone is 4. The van der Waals surface area contributed by atoms with Crippen molar-refractivity contribution in [2.45, 2.75) is 235 Å². The van der Waals surface area contributed by atoms with Crippen molar-refractivity contribution in [2.24, 2.45) is 0 Å². The van der Waals surface area contributed by atoms with Gasteiger partial charge in [0.2, 0.25) is 0 Å². The van der Waals surface area contributed by atoms with Crippen molar-refractivity contribution < 1.29 is 35.9 Å². The average molecular weight is 1060 g/mol. The van der Waals surface area contributed by atoms with Gasteiger partial charge in [-0.3, -0.25) is 9.59 Å². The SMILES string of the molecule is CCCCCCCCCCCCCCCCNC(=O)c1ccc(C2=CC3=C4C(=C5C=C(c6ccc(C(=O)NCCCCCCCCCCCCCCCC)cc6)S[C@@]5(C)[C@]3(C)S2)C(F)(F)C(F)(F)C4(F)F)cc1. The van der Waals surface area contributed by atoms with Gasteiger partial charge in [0.05, 0.1) is 9.49 Å². The molecule has 2 aliphatic carbocycles. The molecule has 2 N–H and O–H groups in total. The molecule has 4 nitrogen and oxygen atoms in total. The molecule has 0 unspecified atom stereocenters. The highest BCUT2D eigenvalue weighted by atomic mass is 32.2. The first-order chi connectivity index (χ1) is 35.0. The minimum Gasteiger partial charge on any atom is -0.352 e. The van der Waals surface area contributed by atoms with Crippen LogP contribution in [-0.2, 0) is 0 Å². The summed E-state index contributed by atoms with van der Waals surface area (Å²) in [6, 6.07) is 13.3. The molecule has 2 aliphatic heterocycles. The largest absolute Gasteiger partial charge is 0.380 e. The summed E-state index contributed by atoms with van der Waals surface area (Å²) in [6.07, 6.45) is 37.6. The van der Waals surface area contributed by atoms with Crippen LogP contribution < -0.4 is 10.6 Å². The Labute approximate surface area is 442 Å². The molecule has 73 heavy (non-hydrogen) atoms. The van der Waals surface area contributed by atoms with E-state index in [2.05, 4.69) is 24.5 Å². The zero-order chi connectivity index (χ0) is 52.5. The number of benzene rings is 2. The number of nitrogens with one attached hydrogen (secondary N) is 2. The van der Waals surface area contributed by atoms with E-state index in [0.717, 1.165) is 38.5 Å². The lowest BCUT2D eigenvalue weighted by molar-refractivity contribution is -0.258. The third-order valence-electron chi connectivity index (χ3n) is 15.8. The van der Waals surface area contributed by atoms with Gasteiger partial charge in [-0.2, -0.15) is 26.3 Å². The molecule has 2 heterocycles. The first-order valence-corrected chi connectivity index (χ1v) is 29.9. The highest BCUT2D eigenvalue weighted by Gasteiger charge is 2.84. The zero-order valence-electron chi connectivity index (χ0n) is 44.4. The van der Waals surface area contributed by atoms with Gasteiger partial charge in [0.25, 0.3) is 11.8 Å². The fourth-order valence-electron chi connectivity index (χ4n) is 11.0. The summed E-state index contributed by atoms with van der Waals surface area (Å²) in [7, 11) is 0. The molecule has 2 aromatic carbocycles. The van der Waals surface area contributed by atoms with Crippen LogP contribution in [-0.4, -0.2) is 52.2 Å². The van der Waals surface area contributed by atoms with Gasteiger partial charge in [0, 0.05) is 45.2 Å². The molecule has 0 aromatic heterocycles. The molecule has 0 bridgehead atoms. The van der Waals surface area contributed by atoms with Gasteiger partial charge >= 0.3 is 17.8 Å². The zero-order valence-corrected chi connectivity index (χ0v) is 46.0. The van der Waals surface area contributed by atoms with Crippen LogP contribution in [0.4, 0.5) is 26.3 Å². The fraction of sp³-hybridized carbons (Fsp3) is 0.639. The Bertz CT molecular complexity index is 2100. The maximum Gasteiger partial charge on any atom is 0.380 e. The summed E-state index contributed by atoms with van der Waals surface area (Å²) in [5.41, 5.74) is -1.20. The van der Waals surface area contributed by atoms with Crippen molar-refractivity contribution in [3.05, 3.63) is 105 Å². The quantitative estimate of drug-likeness (QED) is 0.0542. The number of hydrogen-bond acceptors (Lipinski definition) is 4. The van der Waals surface area contributed by atoms with Gasteiger partial charge in [-0.05, 0) is 85.4 Å². The number of fused-ring (bicyclic) bond motifs is 4. The van der Waals surface area contributed by atoms with Crippen molar-refractivity contribution in [1.82, 2.24) is 10.6 Å². The van der Waals surface area contributed by atoms with Gasteiger partial charge in [0.1, 0.15) is 0 Å². The highest BCUT2D eigenvalue weighted by Crippen LogP contribution is 2.75. The molecular formula is C61H84F6N2O2S2. The van der Waals surface area contributed by atoms with Crippen LogP contribution in [0.1, 0.15) is 239 Å². The Morgan fingerprint density at radius 3 is 0.945 bits per heavy atom. The van der Waals surface area contributed by atoms with Crippen LogP contribution in [0.15, 0.2) is 83.0 Å². The maximum atomic E-state index is 16.0. The van der Waals surface area contributed by atoms with E-state index < -0.39 is 38.4 Å². The Morgan fingerprint density at radius 2 is 0.671 bits per heavy atom. The number of unbranched alkanes of at least 4 members (excludes halogenated alkanes) is 26. The van der Waals surface area contributed by atoms with Gasteiger partial charge < -0.3 is 10.6 Å². The molecule has 0 spiro atoms. The smallest absolute Gasteiger partial charge is 0.352 e. The first-order valence-electron chi connectivity index (χ1n) is 28.3. The van der Waals surface area contributed by atoms with Crippen molar-refractivity contribution in [1.29, 1.82) is 0 Å². The molecule has 0 radical (unpaired) electrons. The van der Waals surface area contributed by atoms with E-state index in [-0.39, 0.29) is 23.0 Å². The third kappa shape index (κ3) is 14.0. The number of alkyl halides is 6. The molecule has 2 atom stereocenters. The second-order valence-electron chi connectivity index (χ2n) is 21.4. The molecule has 6 rings (SSSR count). The molecule has 1 fully saturated rings. The summed E-state index contributed by atoms with van der Waals surface area (Å²) >= 11 is 2.37. The Balaban J connectivity index is 1.01. The van der Waals surface area contributed by atoms with Crippen molar-refractivity contribution in [2.75, 3.05) is 13.1 Å². The highest BCUT2D eigenvalue weighted by molar-refractivity contribution is 8.14. The average Bonchev–Trinajstić information content (AvgIpc) is 3.96. The van der Waals surface area contributed by atoms with E-state index in [1.165, 1.54) is 177 Å². The van der Waals surface area contributed by atoms with Crippen molar-refractivity contribution >= 4 is 45.1 Å². The van der Waals surface area contributed by atoms with Crippen molar-refractivity contribution in [3.8, 4) is 0 Å². The van der Waals surface area contributed by atoms with Gasteiger partial charge in [-0.25, -0.2) is 0 Å². The molecule has 2 amide bonds. The molecule has 2 aromatic rings. The van der Waals surface area contributed by atoms with E-state index in [9.17, 15) is 9.59 Å². The summed E-state index contributed by atoms with van der Waals surface area (Å²) in [5.74, 6) is -16.4. The van der Waals surface area contributed by atoms with Crippen LogP contribution in [0.25, 0.3) is 9.81 Å². The summed E-state index contributed by atoms with van der Waals surface area (Å²) in [4.78, 5) is 27.1. The number of thioether (sulfide) groups is 2. The van der Waals surface area contributed by atoms with Crippen LogP contribution in [0.5, 0.6) is 0 Å². The second kappa shape index (κ2) is 27.6. The maximum absolute atomic E-state index is 16.0. The third-order valence-corrected chi connectivity index (χ3v) is 19.2. The normalized spacial score (nSPS) is 21.2. The lowest BCUT2D eigenvalue weighted by Gasteiger charge is -2.47. The number of rotatable bonds is 34. The standard InChI is InChI=1S/C61H84F6N2O2S2/c1-5-7-9-11-13-15-17-19-21-23-25-27-29-31-41-68-55(70)47-37-33-45(34-38-47)51-43-49-53-54(60(64,65)61(66,67)59(53,62)63)50-44-52(73-58(50,4)57(49,3)72-51)46-35-39-48(40-36-46)56(71)69-42-32-30-28-26-24-22-20-18-16-14-12-10-8-6-2/h33-40,43-44H,5-32,41-42H2,1-4H3,(H,68,70)(H,69,71)/t57-,58-/m1/s1. The van der Waals surface area contributed by atoms with Crippen LogP contribution >= 0.6 is 23.5 Å². The topological polar surface area (TPSA) is 58.2 Å². The Hall–Kier alpha value is -3.38.